The lowest BCUT2D eigenvalue weighted by molar-refractivity contribution is 0.0796. The fraction of sp³-hybridized carbons (Fsp3) is 0.588. The largest absolute Gasteiger partial charge is 0.340 e. The van der Waals surface area contributed by atoms with Crippen LogP contribution in [0.3, 0.4) is 0 Å². The van der Waals surface area contributed by atoms with Gasteiger partial charge in [-0.3, -0.25) is 4.79 Å². The fourth-order valence-corrected chi connectivity index (χ4v) is 4.32. The topological polar surface area (TPSA) is 69.7 Å². The normalized spacial score (nSPS) is 15.9. The zero-order valence-corrected chi connectivity index (χ0v) is 16.5. The number of sulfonamides is 1. The summed E-state index contributed by atoms with van der Waals surface area (Å²) < 4.78 is 27.0. The lowest BCUT2D eigenvalue weighted by Crippen LogP contribution is -2.33. The maximum atomic E-state index is 12.7. The van der Waals surface area contributed by atoms with E-state index in [0.29, 0.717) is 31.7 Å². The summed E-state index contributed by atoms with van der Waals surface area (Å²) in [6.07, 6.45) is 3.98. The number of hydrogen-bond acceptors (Lipinski definition) is 4. The highest BCUT2D eigenvalue weighted by Gasteiger charge is 2.25. The molecule has 1 aliphatic heterocycles. The van der Waals surface area contributed by atoms with Gasteiger partial charge >= 0.3 is 0 Å². The van der Waals surface area contributed by atoms with Gasteiger partial charge in [0.1, 0.15) is 0 Å². The van der Waals surface area contributed by atoms with Crippen LogP contribution in [-0.2, 0) is 10.0 Å². The number of rotatable bonds is 6. The van der Waals surface area contributed by atoms with E-state index in [9.17, 15) is 13.2 Å². The van der Waals surface area contributed by atoms with Gasteiger partial charge in [-0.25, -0.2) is 8.42 Å². The number of carbonyl (C=O) groups excluding carboxylic acids is 1. The fourth-order valence-electron chi connectivity index (χ4n) is 2.80. The van der Waals surface area contributed by atoms with Crippen LogP contribution >= 0.6 is 12.4 Å². The van der Waals surface area contributed by atoms with Crippen LogP contribution in [0.4, 0.5) is 0 Å². The SMILES string of the molecule is CNCCN(C)C(=O)c1ccc(S(=O)(=O)N2CCCCCC2)cc1.Cl. The van der Waals surface area contributed by atoms with Crippen molar-refractivity contribution in [3.63, 3.8) is 0 Å². The molecular weight excluding hydrogens is 362 g/mol. The van der Waals surface area contributed by atoms with Gasteiger partial charge in [0.15, 0.2) is 0 Å². The third-order valence-electron chi connectivity index (χ3n) is 4.35. The van der Waals surface area contributed by atoms with Crippen molar-refractivity contribution < 1.29 is 13.2 Å². The molecule has 1 aromatic carbocycles. The number of hydrogen-bond donors (Lipinski definition) is 1. The van der Waals surface area contributed by atoms with Crippen LogP contribution < -0.4 is 5.32 Å². The molecule has 2 rings (SSSR count). The summed E-state index contributed by atoms with van der Waals surface area (Å²) >= 11 is 0. The second-order valence-corrected chi connectivity index (χ2v) is 8.11. The number of amides is 1. The summed E-state index contributed by atoms with van der Waals surface area (Å²) in [5, 5.41) is 3.00. The number of benzene rings is 1. The van der Waals surface area contributed by atoms with E-state index < -0.39 is 10.0 Å². The molecule has 8 heteroatoms. The van der Waals surface area contributed by atoms with E-state index in [1.807, 2.05) is 7.05 Å². The standard InChI is InChI=1S/C17H27N3O3S.ClH/c1-18-11-14-19(2)17(21)15-7-9-16(10-8-15)24(22,23)20-12-5-3-4-6-13-20;/h7-10,18H,3-6,11-14H2,1-2H3;1H. The van der Waals surface area contributed by atoms with Gasteiger partial charge in [0.05, 0.1) is 4.90 Å². The Balaban J connectivity index is 0.00000312. The molecule has 142 valence electrons. The maximum absolute atomic E-state index is 12.7. The van der Waals surface area contributed by atoms with Crippen molar-refractivity contribution in [3.8, 4) is 0 Å². The quantitative estimate of drug-likeness (QED) is 0.807. The Morgan fingerprint density at radius 2 is 1.68 bits per heavy atom. The van der Waals surface area contributed by atoms with Gasteiger partial charge in [-0.15, -0.1) is 12.4 Å². The molecule has 0 aromatic heterocycles. The molecule has 1 heterocycles. The number of likely N-dealkylation sites (N-methyl/N-ethyl adjacent to an activating group) is 2. The molecule has 1 amide bonds. The van der Waals surface area contributed by atoms with Crippen molar-refractivity contribution in [1.29, 1.82) is 0 Å². The lowest BCUT2D eigenvalue weighted by atomic mass is 10.2. The molecule has 0 bridgehead atoms. The minimum absolute atomic E-state index is 0. The van der Waals surface area contributed by atoms with Crippen molar-refractivity contribution in [1.82, 2.24) is 14.5 Å². The monoisotopic (exact) mass is 389 g/mol. The summed E-state index contributed by atoms with van der Waals surface area (Å²) in [5.74, 6) is -0.107. The summed E-state index contributed by atoms with van der Waals surface area (Å²) in [6, 6.07) is 6.28. The average Bonchev–Trinajstić information content (AvgIpc) is 2.89. The average molecular weight is 390 g/mol. The predicted molar refractivity (Wildman–Crippen MR) is 102 cm³/mol. The molecule has 1 aromatic rings. The first-order chi connectivity index (χ1) is 11.5. The van der Waals surface area contributed by atoms with E-state index in [2.05, 4.69) is 5.32 Å². The van der Waals surface area contributed by atoms with Crippen molar-refractivity contribution in [2.24, 2.45) is 0 Å². The van der Waals surface area contributed by atoms with Gasteiger partial charge in [-0.2, -0.15) is 4.31 Å². The Labute approximate surface area is 157 Å². The first kappa shape index (κ1) is 21.9. The first-order valence-electron chi connectivity index (χ1n) is 8.47. The Kier molecular flexibility index (Phi) is 8.85. The second-order valence-electron chi connectivity index (χ2n) is 6.17. The van der Waals surface area contributed by atoms with Gasteiger partial charge in [-0.1, -0.05) is 12.8 Å². The number of nitrogens with zero attached hydrogens (tertiary/aromatic N) is 2. The molecule has 6 nitrogen and oxygen atoms in total. The van der Waals surface area contributed by atoms with E-state index >= 15 is 0 Å². The summed E-state index contributed by atoms with van der Waals surface area (Å²) in [7, 11) is 0.108. The van der Waals surface area contributed by atoms with Crippen molar-refractivity contribution >= 4 is 28.3 Å². The third-order valence-corrected chi connectivity index (χ3v) is 6.26. The third kappa shape index (κ3) is 5.67. The zero-order chi connectivity index (χ0) is 17.6. The van der Waals surface area contributed by atoms with E-state index in [1.54, 1.807) is 40.5 Å². The second kappa shape index (κ2) is 10.1. The van der Waals surface area contributed by atoms with E-state index in [4.69, 9.17) is 0 Å². The van der Waals surface area contributed by atoms with E-state index in [0.717, 1.165) is 25.7 Å². The van der Waals surface area contributed by atoms with Gasteiger partial charge in [0, 0.05) is 38.8 Å². The van der Waals surface area contributed by atoms with Crippen LogP contribution in [0.1, 0.15) is 36.0 Å². The van der Waals surface area contributed by atoms with Gasteiger partial charge < -0.3 is 10.2 Å². The molecule has 0 atom stereocenters. The first-order valence-corrected chi connectivity index (χ1v) is 9.91. The van der Waals surface area contributed by atoms with Gasteiger partial charge in [-0.05, 0) is 44.2 Å². The molecule has 1 N–H and O–H groups in total. The molecule has 0 aliphatic carbocycles. The Morgan fingerprint density at radius 3 is 2.20 bits per heavy atom. The molecule has 1 fully saturated rings. The van der Waals surface area contributed by atoms with E-state index in [1.165, 1.54) is 0 Å². The minimum Gasteiger partial charge on any atom is -0.340 e. The smallest absolute Gasteiger partial charge is 0.253 e. The molecule has 0 saturated carbocycles. The Bertz CT molecular complexity index is 642. The van der Waals surface area contributed by atoms with Crippen molar-refractivity contribution in [2.45, 2.75) is 30.6 Å². The van der Waals surface area contributed by atoms with Crippen LogP contribution in [0.2, 0.25) is 0 Å². The zero-order valence-electron chi connectivity index (χ0n) is 14.9. The lowest BCUT2D eigenvalue weighted by Gasteiger charge is -2.20. The number of halogens is 1. The van der Waals surface area contributed by atoms with Crippen LogP contribution in [-0.4, -0.2) is 63.8 Å². The Hall–Kier alpha value is -1.15. The summed E-state index contributed by atoms with van der Waals surface area (Å²) in [6.45, 7) is 2.47. The van der Waals surface area contributed by atoms with Crippen LogP contribution in [0.15, 0.2) is 29.2 Å². The summed E-state index contributed by atoms with van der Waals surface area (Å²) in [5.41, 5.74) is 0.503. The molecule has 0 radical (unpaired) electrons. The minimum atomic E-state index is -3.46. The highest BCUT2D eigenvalue weighted by Crippen LogP contribution is 2.21. The van der Waals surface area contributed by atoms with Crippen LogP contribution in [0, 0.1) is 0 Å². The van der Waals surface area contributed by atoms with Crippen LogP contribution in [0.25, 0.3) is 0 Å². The molecule has 1 aliphatic rings. The van der Waals surface area contributed by atoms with Gasteiger partial charge in [0.2, 0.25) is 10.0 Å². The van der Waals surface area contributed by atoms with E-state index in [-0.39, 0.29) is 23.2 Å². The Morgan fingerprint density at radius 1 is 1.12 bits per heavy atom. The summed E-state index contributed by atoms with van der Waals surface area (Å²) in [4.78, 5) is 14.2. The van der Waals surface area contributed by atoms with Gasteiger partial charge in [0.25, 0.3) is 5.91 Å². The van der Waals surface area contributed by atoms with Crippen LogP contribution in [0.5, 0.6) is 0 Å². The predicted octanol–water partition coefficient (Wildman–Crippen LogP) is 1.96. The maximum Gasteiger partial charge on any atom is 0.253 e. The molecule has 1 saturated heterocycles. The highest BCUT2D eigenvalue weighted by molar-refractivity contribution is 7.89. The molecule has 0 unspecified atom stereocenters. The molecule has 0 spiro atoms. The van der Waals surface area contributed by atoms with Crippen molar-refractivity contribution in [3.05, 3.63) is 29.8 Å². The van der Waals surface area contributed by atoms with Crippen molar-refractivity contribution in [2.75, 3.05) is 40.3 Å². The highest BCUT2D eigenvalue weighted by atomic mass is 35.5. The number of nitrogens with one attached hydrogen (secondary N) is 1. The number of carbonyl (C=O) groups is 1. The molecule has 25 heavy (non-hydrogen) atoms. The molecular formula is C17H28ClN3O3S.